The summed E-state index contributed by atoms with van der Waals surface area (Å²) in [6.45, 7) is 0. The lowest BCUT2D eigenvalue weighted by atomic mass is 10.1. The van der Waals surface area contributed by atoms with Crippen LogP contribution in [-0.2, 0) is 11.2 Å². The molecule has 6 heteroatoms. The lowest BCUT2D eigenvalue weighted by molar-refractivity contribution is -0.136. The predicted octanol–water partition coefficient (Wildman–Crippen LogP) is 2.62. The molecule has 0 radical (unpaired) electrons. The van der Waals surface area contributed by atoms with Crippen LogP contribution in [0.4, 0.5) is 4.39 Å². The van der Waals surface area contributed by atoms with Gasteiger partial charge in [-0.1, -0.05) is 0 Å². The fourth-order valence-electron chi connectivity index (χ4n) is 1.47. The average molecular weight is 307 g/mol. The van der Waals surface area contributed by atoms with Crippen LogP contribution in [0.25, 0.3) is 0 Å². The number of halogens is 2. The number of carboxylic acids is 1. The molecule has 0 aliphatic carbocycles. The van der Waals surface area contributed by atoms with Crippen molar-refractivity contribution in [2.24, 2.45) is 0 Å². The molecule has 1 aromatic carbocycles. The Morgan fingerprint density at radius 3 is 2.47 bits per heavy atom. The first-order chi connectivity index (χ1) is 8.01. The zero-order chi connectivity index (χ0) is 13.0. The molecule has 0 atom stereocenters. The van der Waals surface area contributed by atoms with Gasteiger partial charge in [-0.15, -0.1) is 0 Å². The quantitative estimate of drug-likeness (QED) is 0.908. The summed E-state index contributed by atoms with van der Waals surface area (Å²) in [5, 5.41) is 8.63. The minimum absolute atomic E-state index is 0.0257. The Kier molecular flexibility index (Phi) is 4.74. The van der Waals surface area contributed by atoms with E-state index in [9.17, 15) is 9.18 Å². The Balaban J connectivity index is 3.19. The number of carboxylic acid groups (broad SMARTS) is 1. The molecule has 4 nitrogen and oxygen atoms in total. The van der Waals surface area contributed by atoms with Crippen LogP contribution >= 0.6 is 15.9 Å². The smallest absolute Gasteiger partial charge is 0.303 e. The van der Waals surface area contributed by atoms with Gasteiger partial charge in [0.05, 0.1) is 18.7 Å². The standard InChI is InChI=1S/C11H12BrFO4/c1-16-10-6(3-4-8(14)15)5-7(12)9(13)11(10)17-2/h5H,3-4H2,1-2H3,(H,14,15). The van der Waals surface area contributed by atoms with E-state index in [1.165, 1.54) is 20.3 Å². The minimum atomic E-state index is -0.925. The molecule has 1 N–H and O–H groups in total. The van der Waals surface area contributed by atoms with Crippen molar-refractivity contribution in [3.05, 3.63) is 21.9 Å². The predicted molar refractivity (Wildman–Crippen MR) is 63.2 cm³/mol. The Labute approximate surface area is 106 Å². The lowest BCUT2D eigenvalue weighted by Gasteiger charge is -2.14. The number of benzene rings is 1. The summed E-state index contributed by atoms with van der Waals surface area (Å²) in [5.41, 5.74) is 0.583. The molecule has 0 saturated heterocycles. The molecule has 0 fully saturated rings. The van der Waals surface area contributed by atoms with Crippen molar-refractivity contribution in [2.75, 3.05) is 14.2 Å². The molecule has 0 heterocycles. The van der Waals surface area contributed by atoms with Gasteiger partial charge in [-0.3, -0.25) is 4.79 Å². The van der Waals surface area contributed by atoms with Crippen LogP contribution in [0, 0.1) is 5.82 Å². The maximum absolute atomic E-state index is 13.7. The number of carbonyl (C=O) groups is 1. The summed E-state index contributed by atoms with van der Waals surface area (Å²) in [6.07, 6.45) is 0.186. The maximum Gasteiger partial charge on any atom is 0.303 e. The van der Waals surface area contributed by atoms with Gasteiger partial charge in [0.1, 0.15) is 0 Å². The van der Waals surface area contributed by atoms with Crippen LogP contribution < -0.4 is 9.47 Å². The number of aliphatic carboxylic acids is 1. The van der Waals surface area contributed by atoms with E-state index in [1.54, 1.807) is 0 Å². The highest BCUT2D eigenvalue weighted by Crippen LogP contribution is 2.38. The second-order valence-electron chi connectivity index (χ2n) is 3.29. The van der Waals surface area contributed by atoms with Gasteiger partial charge in [0.2, 0.25) is 0 Å². The molecule has 0 amide bonds. The van der Waals surface area contributed by atoms with Crippen LogP contribution in [0.15, 0.2) is 10.5 Å². The first-order valence-electron chi connectivity index (χ1n) is 4.81. The van der Waals surface area contributed by atoms with Gasteiger partial charge in [0.25, 0.3) is 0 Å². The molecule has 17 heavy (non-hydrogen) atoms. The van der Waals surface area contributed by atoms with Gasteiger partial charge in [0.15, 0.2) is 17.3 Å². The first-order valence-corrected chi connectivity index (χ1v) is 5.61. The fraction of sp³-hybridized carbons (Fsp3) is 0.364. The Bertz CT molecular complexity index is 434. The third-order valence-corrected chi connectivity index (χ3v) is 2.80. The fourth-order valence-corrected chi connectivity index (χ4v) is 1.93. The van der Waals surface area contributed by atoms with E-state index in [2.05, 4.69) is 15.9 Å². The molecule has 0 aliphatic rings. The maximum atomic E-state index is 13.7. The van der Waals surface area contributed by atoms with Crippen LogP contribution in [-0.4, -0.2) is 25.3 Å². The monoisotopic (exact) mass is 306 g/mol. The van der Waals surface area contributed by atoms with E-state index in [0.29, 0.717) is 5.56 Å². The zero-order valence-electron chi connectivity index (χ0n) is 9.42. The number of methoxy groups -OCH3 is 2. The van der Waals surface area contributed by atoms with Crippen molar-refractivity contribution in [3.8, 4) is 11.5 Å². The number of rotatable bonds is 5. The van der Waals surface area contributed by atoms with Gasteiger partial charge in [-0.25, -0.2) is 4.39 Å². The normalized spacial score (nSPS) is 10.1. The first kappa shape index (κ1) is 13.8. The second-order valence-corrected chi connectivity index (χ2v) is 4.15. The van der Waals surface area contributed by atoms with Crippen LogP contribution in [0.1, 0.15) is 12.0 Å². The lowest BCUT2D eigenvalue weighted by Crippen LogP contribution is -2.03. The van der Waals surface area contributed by atoms with E-state index in [0.717, 1.165) is 0 Å². The van der Waals surface area contributed by atoms with Crippen molar-refractivity contribution < 1.29 is 23.8 Å². The van der Waals surface area contributed by atoms with Gasteiger partial charge >= 0.3 is 5.97 Å². The number of ether oxygens (including phenoxy) is 2. The third-order valence-electron chi connectivity index (χ3n) is 2.22. The van der Waals surface area contributed by atoms with Crippen molar-refractivity contribution in [3.63, 3.8) is 0 Å². The Morgan fingerprint density at radius 2 is 2.00 bits per heavy atom. The number of hydrogen-bond acceptors (Lipinski definition) is 3. The zero-order valence-corrected chi connectivity index (χ0v) is 11.0. The second kappa shape index (κ2) is 5.86. The number of aryl methyl sites for hydroxylation is 1. The van der Waals surface area contributed by atoms with E-state index >= 15 is 0 Å². The summed E-state index contributed by atoms with van der Waals surface area (Å²) in [4.78, 5) is 10.5. The van der Waals surface area contributed by atoms with Crippen molar-refractivity contribution >= 4 is 21.9 Å². The molecule has 0 aliphatic heterocycles. The van der Waals surface area contributed by atoms with E-state index in [4.69, 9.17) is 14.6 Å². The summed E-state index contributed by atoms with van der Waals surface area (Å²) >= 11 is 3.05. The Hall–Kier alpha value is -1.30. The van der Waals surface area contributed by atoms with Gasteiger partial charge in [-0.05, 0) is 34.0 Å². The van der Waals surface area contributed by atoms with Crippen LogP contribution in [0.3, 0.4) is 0 Å². The number of hydrogen-bond donors (Lipinski definition) is 1. The molecule has 1 rings (SSSR count). The molecule has 0 aromatic heterocycles. The highest BCUT2D eigenvalue weighted by Gasteiger charge is 2.19. The molecule has 0 spiro atoms. The summed E-state index contributed by atoms with van der Waals surface area (Å²) in [7, 11) is 2.71. The third kappa shape index (κ3) is 3.09. The van der Waals surface area contributed by atoms with E-state index < -0.39 is 11.8 Å². The van der Waals surface area contributed by atoms with Gasteiger partial charge in [-0.2, -0.15) is 0 Å². The molecule has 0 unspecified atom stereocenters. The van der Waals surface area contributed by atoms with Crippen molar-refractivity contribution in [1.29, 1.82) is 0 Å². The highest BCUT2D eigenvalue weighted by atomic mass is 79.9. The largest absolute Gasteiger partial charge is 0.492 e. The summed E-state index contributed by atoms with van der Waals surface area (Å²) in [6, 6.07) is 1.50. The topological polar surface area (TPSA) is 55.8 Å². The van der Waals surface area contributed by atoms with Crippen LogP contribution in [0.2, 0.25) is 0 Å². The van der Waals surface area contributed by atoms with Crippen molar-refractivity contribution in [2.45, 2.75) is 12.8 Å². The molecule has 94 valence electrons. The Morgan fingerprint density at radius 1 is 1.41 bits per heavy atom. The van der Waals surface area contributed by atoms with Gasteiger partial charge in [0, 0.05) is 6.42 Å². The van der Waals surface area contributed by atoms with E-state index in [-0.39, 0.29) is 28.8 Å². The highest BCUT2D eigenvalue weighted by molar-refractivity contribution is 9.10. The average Bonchev–Trinajstić information content (AvgIpc) is 2.29. The molecule has 0 bridgehead atoms. The van der Waals surface area contributed by atoms with E-state index in [1.807, 2.05) is 0 Å². The van der Waals surface area contributed by atoms with Crippen molar-refractivity contribution in [1.82, 2.24) is 0 Å². The molecule has 1 aromatic rings. The summed E-state index contributed by atoms with van der Waals surface area (Å²) < 4.78 is 23.9. The molecular weight excluding hydrogens is 295 g/mol. The van der Waals surface area contributed by atoms with Gasteiger partial charge < -0.3 is 14.6 Å². The van der Waals surface area contributed by atoms with Crippen LogP contribution in [0.5, 0.6) is 11.5 Å². The molecular formula is C11H12BrFO4. The molecule has 0 saturated carbocycles. The SMILES string of the molecule is COc1c(CCC(=O)O)cc(Br)c(F)c1OC. The summed E-state index contributed by atoms with van der Waals surface area (Å²) in [5.74, 6) is -1.29. The minimum Gasteiger partial charge on any atom is -0.492 e.